The predicted octanol–water partition coefficient (Wildman–Crippen LogP) is 9.39. The summed E-state index contributed by atoms with van der Waals surface area (Å²) in [6, 6.07) is 9.04. The summed E-state index contributed by atoms with van der Waals surface area (Å²) < 4.78 is 13.2. The van der Waals surface area contributed by atoms with E-state index in [0.717, 1.165) is 20.9 Å². The maximum Gasteiger partial charge on any atom is 0.197 e. The molecule has 2 unspecified atom stereocenters. The fourth-order valence-electron chi connectivity index (χ4n) is 8.38. The molecule has 6 aliphatic rings. The molecule has 4 aliphatic carbocycles. The number of rotatable bonds is 2. The van der Waals surface area contributed by atoms with Crippen molar-refractivity contribution < 1.29 is 28.7 Å². The monoisotopic (exact) mass is 820 g/mol. The van der Waals surface area contributed by atoms with Gasteiger partial charge in [0.1, 0.15) is 56.3 Å². The van der Waals surface area contributed by atoms with Crippen LogP contribution < -0.4 is 0 Å². The van der Waals surface area contributed by atoms with Crippen molar-refractivity contribution in [1.29, 1.82) is 10.5 Å². The number of allylic oxidation sites excluding steroid dienone is 8. The first-order chi connectivity index (χ1) is 28.6. The standard InChI is InChI=1S/C46H24N6O6S2/c1-45(2)43-41(59-35(51-43)15-29-37(53)23-9-21(17-47)22(18-48)10-24(23)38(29)54)27-7-19-12-34-28(8-20(19)11-33(27)57-45)42-44(46(3,4)58-34)52-36(60-42)16-30-39(55)25-13-31(49-5)32(50-6)14-26(25)40(30)56/h7-16,19-20H,1-4H3. The largest absolute Gasteiger partial charge is 0.481 e. The molecule has 0 saturated heterocycles. The number of thiazole rings is 2. The van der Waals surface area contributed by atoms with E-state index in [2.05, 4.69) is 34.0 Å². The zero-order valence-corrected chi connectivity index (χ0v) is 33.5. The van der Waals surface area contributed by atoms with Crippen molar-refractivity contribution in [2.24, 2.45) is 11.8 Å². The highest BCUT2D eigenvalue weighted by Gasteiger charge is 2.45. The summed E-state index contributed by atoms with van der Waals surface area (Å²) in [5.74, 6) is -1.05. The number of aromatic nitrogens is 2. The van der Waals surface area contributed by atoms with Gasteiger partial charge in [0.05, 0.1) is 45.2 Å². The molecule has 2 aromatic carbocycles. The van der Waals surface area contributed by atoms with Crippen molar-refractivity contribution in [3.05, 3.63) is 159 Å². The Morgan fingerprint density at radius 1 is 0.633 bits per heavy atom. The minimum absolute atomic E-state index is 0.0178. The Labute approximate surface area is 349 Å². The number of hydrogen-bond acceptors (Lipinski definition) is 12. The smallest absolute Gasteiger partial charge is 0.197 e. The second-order valence-corrected chi connectivity index (χ2v) is 17.8. The average Bonchev–Trinajstić information content (AvgIpc) is 3.97. The average molecular weight is 821 g/mol. The topological polar surface area (TPSA) is 169 Å². The lowest BCUT2D eigenvalue weighted by atomic mass is 9.77. The van der Waals surface area contributed by atoms with Gasteiger partial charge in [0.15, 0.2) is 34.5 Å². The Kier molecular flexibility index (Phi) is 7.61. The molecular weight excluding hydrogens is 797 g/mol. The molecule has 0 N–H and O–H groups in total. The summed E-state index contributed by atoms with van der Waals surface area (Å²) in [6.45, 7) is 22.4. The SMILES string of the molecule is [C-]#[N+]c1cc2c(cc1[N+]#[C-])C(=O)C(=Cc1nc3c(s1)C1=CC4C=C5OC(C)(C)c6nc(C=C7C(=O)c8cc(C#N)c(C#N)cc8C7=O)sc6C5=CC4C=C1OC3(C)C)C2=O. The molecule has 0 radical (unpaired) electrons. The molecule has 0 bridgehead atoms. The van der Waals surface area contributed by atoms with E-state index in [9.17, 15) is 29.7 Å². The summed E-state index contributed by atoms with van der Waals surface area (Å²) >= 11 is 2.68. The molecule has 2 atom stereocenters. The predicted molar refractivity (Wildman–Crippen MR) is 220 cm³/mol. The van der Waals surface area contributed by atoms with Gasteiger partial charge in [0, 0.05) is 45.2 Å². The maximum atomic E-state index is 13.4. The van der Waals surface area contributed by atoms with Gasteiger partial charge in [-0.25, -0.2) is 9.97 Å². The highest BCUT2D eigenvalue weighted by atomic mass is 32.1. The number of fused-ring (bicyclic) bond motifs is 9. The summed E-state index contributed by atoms with van der Waals surface area (Å²) in [7, 11) is 0. The number of Topliss-reactive ketones (excluding diaryl/α,β-unsaturated/α-hetero) is 4. The normalized spacial score (nSPS) is 20.6. The molecule has 0 spiro atoms. The highest BCUT2D eigenvalue weighted by Crippen LogP contribution is 2.54. The first kappa shape index (κ1) is 36.7. The summed E-state index contributed by atoms with van der Waals surface area (Å²) in [5, 5.41) is 19.8. The van der Waals surface area contributed by atoms with Gasteiger partial charge in [-0.15, -0.1) is 22.7 Å². The van der Waals surface area contributed by atoms with Crippen molar-refractivity contribution in [2.75, 3.05) is 0 Å². The number of nitriles is 2. The van der Waals surface area contributed by atoms with Gasteiger partial charge in [-0.05, 0) is 64.1 Å². The van der Waals surface area contributed by atoms with Crippen LogP contribution in [0.3, 0.4) is 0 Å². The minimum atomic E-state index is -0.869. The third-order valence-corrected chi connectivity index (χ3v) is 13.3. The molecule has 0 amide bonds. The van der Waals surface area contributed by atoms with Crippen LogP contribution in [0.2, 0.25) is 0 Å². The zero-order chi connectivity index (χ0) is 42.2. The van der Waals surface area contributed by atoms with E-state index >= 15 is 0 Å². The molecule has 286 valence electrons. The van der Waals surface area contributed by atoms with E-state index in [1.54, 1.807) is 0 Å². The summed E-state index contributed by atoms with van der Waals surface area (Å²) in [4.78, 5) is 71.9. The van der Waals surface area contributed by atoms with Gasteiger partial charge in [0.25, 0.3) is 0 Å². The van der Waals surface area contributed by atoms with Crippen molar-refractivity contribution in [3.8, 4) is 12.1 Å². The minimum Gasteiger partial charge on any atom is -0.481 e. The second-order valence-electron chi connectivity index (χ2n) is 15.8. The number of hydrogen-bond donors (Lipinski definition) is 0. The lowest BCUT2D eigenvalue weighted by Crippen LogP contribution is -2.32. The fourth-order valence-corrected chi connectivity index (χ4v) is 10.8. The van der Waals surface area contributed by atoms with E-state index in [1.165, 1.54) is 59.1 Å². The van der Waals surface area contributed by atoms with E-state index < -0.39 is 34.3 Å². The lowest BCUT2D eigenvalue weighted by Gasteiger charge is -2.40. The van der Waals surface area contributed by atoms with Crippen LogP contribution in [0.1, 0.15) is 111 Å². The second kappa shape index (κ2) is 12.4. The Morgan fingerprint density at radius 2 is 1.00 bits per heavy atom. The molecule has 12 nitrogen and oxygen atoms in total. The Balaban J connectivity index is 0.986. The van der Waals surface area contributed by atoms with Crippen molar-refractivity contribution in [3.63, 3.8) is 0 Å². The quantitative estimate of drug-likeness (QED) is 0.108. The third-order valence-electron chi connectivity index (χ3n) is 11.3. The van der Waals surface area contributed by atoms with Crippen LogP contribution in [0, 0.1) is 47.6 Å². The van der Waals surface area contributed by atoms with Crippen LogP contribution in [0.4, 0.5) is 11.4 Å². The third kappa shape index (κ3) is 5.15. The number of ether oxygens (including phenoxy) is 2. The first-order valence-electron chi connectivity index (χ1n) is 18.5. The molecule has 14 heteroatoms. The fraction of sp³-hybridized carbons (Fsp3) is 0.174. The van der Waals surface area contributed by atoms with E-state index in [4.69, 9.17) is 32.6 Å². The molecule has 10 rings (SSSR count). The number of ketones is 4. The Morgan fingerprint density at radius 3 is 1.35 bits per heavy atom. The van der Waals surface area contributed by atoms with Gasteiger partial charge in [-0.2, -0.15) is 10.5 Å². The van der Waals surface area contributed by atoms with Gasteiger partial charge in [0.2, 0.25) is 0 Å². The lowest BCUT2D eigenvalue weighted by molar-refractivity contribution is 0.0279. The molecule has 0 saturated carbocycles. The molecule has 0 fully saturated rings. The Bertz CT molecular complexity index is 2920. The van der Waals surface area contributed by atoms with E-state index in [1.807, 2.05) is 39.8 Å². The molecule has 4 aromatic rings. The van der Waals surface area contributed by atoms with Crippen LogP contribution in [-0.2, 0) is 20.7 Å². The first-order valence-corrected chi connectivity index (χ1v) is 20.1. The number of carbonyl (C=O) groups is 4. The van der Waals surface area contributed by atoms with E-state index in [0.29, 0.717) is 32.9 Å². The number of nitrogens with zero attached hydrogens (tertiary/aromatic N) is 6. The molecule has 2 aliphatic heterocycles. The van der Waals surface area contributed by atoms with E-state index in [-0.39, 0.29) is 67.7 Å². The molecule has 4 heterocycles. The molecule has 2 aromatic heterocycles. The maximum absolute atomic E-state index is 13.4. The van der Waals surface area contributed by atoms with Gasteiger partial charge < -0.3 is 9.47 Å². The zero-order valence-electron chi connectivity index (χ0n) is 31.9. The Hall–Kier alpha value is -7.62. The van der Waals surface area contributed by atoms with Gasteiger partial charge >= 0.3 is 0 Å². The molecular formula is C46H24N6O6S2. The number of carbonyl (C=O) groups excluding carboxylic acids is 4. The summed E-state index contributed by atoms with van der Waals surface area (Å²) in [5.41, 5.74) is 1.52. The van der Waals surface area contributed by atoms with Crippen LogP contribution in [0.5, 0.6) is 0 Å². The molecule has 60 heavy (non-hydrogen) atoms. The van der Waals surface area contributed by atoms with Gasteiger partial charge in [-0.3, -0.25) is 28.9 Å². The van der Waals surface area contributed by atoms with Crippen LogP contribution in [-0.4, -0.2) is 33.1 Å². The van der Waals surface area contributed by atoms with Crippen LogP contribution in [0.15, 0.2) is 71.2 Å². The van der Waals surface area contributed by atoms with Crippen molar-refractivity contribution in [1.82, 2.24) is 9.97 Å². The summed E-state index contributed by atoms with van der Waals surface area (Å²) in [6.07, 6.45) is 11.3. The van der Waals surface area contributed by atoms with Gasteiger partial charge in [-0.1, -0.05) is 24.3 Å². The van der Waals surface area contributed by atoms with Crippen LogP contribution >= 0.6 is 22.7 Å². The van der Waals surface area contributed by atoms with Crippen molar-refractivity contribution in [2.45, 2.75) is 38.9 Å². The van der Waals surface area contributed by atoms with Crippen molar-refractivity contribution >= 4 is 80.5 Å². The highest BCUT2D eigenvalue weighted by molar-refractivity contribution is 7.14. The number of benzene rings is 2. The van der Waals surface area contributed by atoms with Crippen LogP contribution in [0.25, 0.3) is 33.0 Å².